The van der Waals surface area contributed by atoms with Crippen molar-refractivity contribution >= 4 is 17.7 Å². The smallest absolute Gasteiger partial charge is 0.242 e. The van der Waals surface area contributed by atoms with E-state index in [1.54, 1.807) is 14.1 Å². The Balaban J connectivity index is 2.31. The predicted octanol–water partition coefficient (Wildman–Crippen LogP) is 0.932. The monoisotopic (exact) mass is 263 g/mol. The summed E-state index contributed by atoms with van der Waals surface area (Å²) >= 11 is 0. The lowest BCUT2D eigenvalue weighted by atomic mass is 10.0. The molecule has 0 saturated carbocycles. The van der Waals surface area contributed by atoms with Gasteiger partial charge in [-0.3, -0.25) is 4.79 Å². The Morgan fingerprint density at radius 1 is 1.37 bits per heavy atom. The summed E-state index contributed by atoms with van der Waals surface area (Å²) < 4.78 is 0. The van der Waals surface area contributed by atoms with Gasteiger partial charge in [-0.15, -0.1) is 0 Å². The zero-order valence-electron chi connectivity index (χ0n) is 11.7. The number of rotatable bonds is 3. The number of hydrogen-bond donors (Lipinski definition) is 2. The maximum absolute atomic E-state index is 12.0. The molecule has 0 radical (unpaired) electrons. The second-order valence-electron chi connectivity index (χ2n) is 4.76. The van der Waals surface area contributed by atoms with Gasteiger partial charge in [-0.05, 0) is 26.2 Å². The molecule has 1 aliphatic heterocycles. The fourth-order valence-corrected chi connectivity index (χ4v) is 2.46. The molecule has 104 valence electrons. The van der Waals surface area contributed by atoms with Gasteiger partial charge in [-0.25, -0.2) is 4.98 Å². The van der Waals surface area contributed by atoms with Crippen LogP contribution in [0.15, 0.2) is 6.07 Å². The van der Waals surface area contributed by atoms with Gasteiger partial charge in [0.1, 0.15) is 11.9 Å². The van der Waals surface area contributed by atoms with Crippen molar-refractivity contribution in [3.8, 4) is 0 Å². The molecular weight excluding hydrogens is 242 g/mol. The van der Waals surface area contributed by atoms with Crippen molar-refractivity contribution in [3.05, 3.63) is 11.8 Å². The van der Waals surface area contributed by atoms with Crippen molar-refractivity contribution in [2.45, 2.75) is 32.2 Å². The summed E-state index contributed by atoms with van der Waals surface area (Å²) in [4.78, 5) is 22.8. The molecule has 1 atom stereocenters. The van der Waals surface area contributed by atoms with Gasteiger partial charge in [0, 0.05) is 32.4 Å². The van der Waals surface area contributed by atoms with E-state index in [9.17, 15) is 4.79 Å². The third-order valence-corrected chi connectivity index (χ3v) is 3.41. The van der Waals surface area contributed by atoms with Crippen molar-refractivity contribution in [3.63, 3.8) is 0 Å². The van der Waals surface area contributed by atoms with Crippen LogP contribution in [0.1, 0.15) is 25.0 Å². The number of likely N-dealkylation sites (N-methyl/N-ethyl adjacent to an activating group) is 1. The van der Waals surface area contributed by atoms with Gasteiger partial charge in [-0.2, -0.15) is 4.98 Å². The summed E-state index contributed by atoms with van der Waals surface area (Å²) in [7, 11) is 3.48. The minimum absolute atomic E-state index is 0.0574. The van der Waals surface area contributed by atoms with E-state index in [0.717, 1.165) is 37.3 Å². The Morgan fingerprint density at radius 3 is 2.84 bits per heavy atom. The number of piperidine rings is 1. The van der Waals surface area contributed by atoms with Crippen molar-refractivity contribution in [1.29, 1.82) is 0 Å². The average molecular weight is 263 g/mol. The van der Waals surface area contributed by atoms with E-state index in [4.69, 9.17) is 0 Å². The fraction of sp³-hybridized carbons (Fsp3) is 0.615. The van der Waals surface area contributed by atoms with Crippen molar-refractivity contribution in [2.24, 2.45) is 0 Å². The molecule has 0 aromatic carbocycles. The van der Waals surface area contributed by atoms with E-state index in [-0.39, 0.29) is 11.9 Å². The van der Waals surface area contributed by atoms with E-state index in [2.05, 4.69) is 25.5 Å². The minimum atomic E-state index is -0.127. The maximum Gasteiger partial charge on any atom is 0.242 e. The topological polar surface area (TPSA) is 70.2 Å². The molecule has 0 spiro atoms. The van der Waals surface area contributed by atoms with E-state index in [1.165, 1.54) is 0 Å². The molecule has 19 heavy (non-hydrogen) atoms. The van der Waals surface area contributed by atoms with Crippen LogP contribution in [0.25, 0.3) is 0 Å². The number of aryl methyl sites for hydroxylation is 1. The number of nitrogens with zero attached hydrogens (tertiary/aromatic N) is 3. The summed E-state index contributed by atoms with van der Waals surface area (Å²) in [5.74, 6) is 1.48. The number of carbonyl (C=O) groups excluding carboxylic acids is 1. The SMILES string of the molecule is CNC(=O)C1CCCCN1c1cc(C)nc(NC)n1. The van der Waals surface area contributed by atoms with E-state index in [0.29, 0.717) is 5.95 Å². The molecule has 1 unspecified atom stereocenters. The van der Waals surface area contributed by atoms with E-state index in [1.807, 2.05) is 13.0 Å². The first-order chi connectivity index (χ1) is 9.15. The molecule has 1 aromatic heterocycles. The van der Waals surface area contributed by atoms with Crippen LogP contribution in [0, 0.1) is 6.92 Å². The number of carbonyl (C=O) groups is 1. The molecule has 1 amide bonds. The second kappa shape index (κ2) is 5.86. The normalized spacial score (nSPS) is 19.1. The summed E-state index contributed by atoms with van der Waals surface area (Å²) in [6.45, 7) is 2.79. The van der Waals surface area contributed by atoms with Gasteiger partial charge in [0.05, 0.1) is 0 Å². The predicted molar refractivity (Wildman–Crippen MR) is 75.4 cm³/mol. The lowest BCUT2D eigenvalue weighted by Gasteiger charge is -2.35. The van der Waals surface area contributed by atoms with Crippen LogP contribution in [0.2, 0.25) is 0 Å². The van der Waals surface area contributed by atoms with Gasteiger partial charge in [0.15, 0.2) is 0 Å². The van der Waals surface area contributed by atoms with Crippen LogP contribution in [0.4, 0.5) is 11.8 Å². The Morgan fingerprint density at radius 2 is 2.16 bits per heavy atom. The third-order valence-electron chi connectivity index (χ3n) is 3.41. The highest BCUT2D eigenvalue weighted by molar-refractivity contribution is 5.85. The molecule has 1 saturated heterocycles. The fourth-order valence-electron chi connectivity index (χ4n) is 2.46. The van der Waals surface area contributed by atoms with Crippen molar-refractivity contribution < 1.29 is 4.79 Å². The first-order valence-corrected chi connectivity index (χ1v) is 6.67. The molecule has 0 bridgehead atoms. The maximum atomic E-state index is 12.0. The summed E-state index contributed by atoms with van der Waals surface area (Å²) in [6.07, 6.45) is 3.04. The minimum Gasteiger partial charge on any atom is -0.357 e. The van der Waals surface area contributed by atoms with Crippen molar-refractivity contribution in [1.82, 2.24) is 15.3 Å². The Bertz CT molecular complexity index is 462. The number of hydrogen-bond acceptors (Lipinski definition) is 5. The number of amides is 1. The number of aromatic nitrogens is 2. The first kappa shape index (κ1) is 13.6. The van der Waals surface area contributed by atoms with Crippen LogP contribution in [-0.4, -0.2) is 42.6 Å². The van der Waals surface area contributed by atoms with Gasteiger partial charge in [0.2, 0.25) is 11.9 Å². The highest BCUT2D eigenvalue weighted by atomic mass is 16.2. The standard InChI is InChI=1S/C13H21N5O/c1-9-8-11(17-13(15-3)16-9)18-7-5-4-6-10(18)12(19)14-2/h8,10H,4-7H2,1-3H3,(H,14,19)(H,15,16,17). The van der Waals surface area contributed by atoms with Crippen LogP contribution in [0.3, 0.4) is 0 Å². The van der Waals surface area contributed by atoms with Crippen molar-refractivity contribution in [2.75, 3.05) is 30.9 Å². The Labute approximate surface area is 113 Å². The van der Waals surface area contributed by atoms with Crippen LogP contribution < -0.4 is 15.5 Å². The molecule has 0 aliphatic carbocycles. The van der Waals surface area contributed by atoms with Crippen LogP contribution in [0.5, 0.6) is 0 Å². The molecule has 6 heteroatoms. The largest absolute Gasteiger partial charge is 0.357 e. The number of anilines is 2. The Hall–Kier alpha value is -1.85. The van der Waals surface area contributed by atoms with Gasteiger partial charge in [-0.1, -0.05) is 0 Å². The summed E-state index contributed by atoms with van der Waals surface area (Å²) in [5.41, 5.74) is 0.899. The van der Waals surface area contributed by atoms with Gasteiger partial charge < -0.3 is 15.5 Å². The second-order valence-corrected chi connectivity index (χ2v) is 4.76. The number of nitrogens with one attached hydrogen (secondary N) is 2. The molecule has 1 aromatic rings. The van der Waals surface area contributed by atoms with E-state index >= 15 is 0 Å². The summed E-state index contributed by atoms with van der Waals surface area (Å²) in [5, 5.41) is 5.69. The lowest BCUT2D eigenvalue weighted by Crippen LogP contribution is -2.49. The average Bonchev–Trinajstić information content (AvgIpc) is 2.45. The molecular formula is C13H21N5O. The molecule has 2 N–H and O–H groups in total. The third kappa shape index (κ3) is 2.94. The molecule has 6 nitrogen and oxygen atoms in total. The molecule has 2 heterocycles. The van der Waals surface area contributed by atoms with Crippen LogP contribution in [-0.2, 0) is 4.79 Å². The van der Waals surface area contributed by atoms with Crippen LogP contribution >= 0.6 is 0 Å². The summed E-state index contributed by atoms with van der Waals surface area (Å²) in [6, 6.07) is 1.81. The molecule has 1 aliphatic rings. The zero-order chi connectivity index (χ0) is 13.8. The highest BCUT2D eigenvalue weighted by Gasteiger charge is 2.29. The first-order valence-electron chi connectivity index (χ1n) is 6.67. The van der Waals surface area contributed by atoms with Gasteiger partial charge >= 0.3 is 0 Å². The molecule has 2 rings (SSSR count). The molecule has 1 fully saturated rings. The van der Waals surface area contributed by atoms with E-state index < -0.39 is 0 Å². The van der Waals surface area contributed by atoms with Gasteiger partial charge in [0.25, 0.3) is 0 Å². The quantitative estimate of drug-likeness (QED) is 0.849. The lowest BCUT2D eigenvalue weighted by molar-refractivity contribution is -0.122. The highest BCUT2D eigenvalue weighted by Crippen LogP contribution is 2.24. The Kier molecular flexibility index (Phi) is 4.19. The zero-order valence-corrected chi connectivity index (χ0v) is 11.7.